The average Bonchev–Trinajstić information content (AvgIpc) is 2.94. The number of carbonyl (C=O) groups is 1. The zero-order valence-electron chi connectivity index (χ0n) is 13.4. The third-order valence-electron chi connectivity index (χ3n) is 4.72. The minimum absolute atomic E-state index is 0.100. The van der Waals surface area contributed by atoms with Crippen molar-refractivity contribution in [3.8, 4) is 5.69 Å². The van der Waals surface area contributed by atoms with E-state index >= 15 is 0 Å². The number of benzene rings is 1. The fourth-order valence-electron chi connectivity index (χ4n) is 2.87. The fourth-order valence-corrected chi connectivity index (χ4v) is 2.87. The van der Waals surface area contributed by atoms with Crippen LogP contribution in [-0.4, -0.2) is 32.9 Å². The van der Waals surface area contributed by atoms with Crippen LogP contribution >= 0.6 is 0 Å². The van der Waals surface area contributed by atoms with Crippen LogP contribution in [-0.2, 0) is 11.2 Å². The van der Waals surface area contributed by atoms with E-state index in [9.17, 15) is 9.90 Å². The molecule has 1 saturated carbocycles. The Kier molecular flexibility index (Phi) is 4.48. The molecule has 1 aromatic heterocycles. The second kappa shape index (κ2) is 6.54. The molecule has 1 aliphatic rings. The highest BCUT2D eigenvalue weighted by Gasteiger charge is 2.41. The molecule has 1 atom stereocenters. The molecule has 1 aromatic carbocycles. The molecule has 122 valence electrons. The molecular formula is C18H23N3O2. The van der Waals surface area contributed by atoms with Crippen molar-refractivity contribution in [3.63, 3.8) is 0 Å². The molecule has 0 radical (unpaired) electrons. The van der Waals surface area contributed by atoms with Gasteiger partial charge in [-0.2, -0.15) is 5.10 Å². The molecule has 3 rings (SSSR count). The highest BCUT2D eigenvalue weighted by molar-refractivity contribution is 5.84. The minimum atomic E-state index is -1.24. The van der Waals surface area contributed by atoms with Crippen LogP contribution < -0.4 is 5.32 Å². The Morgan fingerprint density at radius 3 is 2.78 bits per heavy atom. The van der Waals surface area contributed by atoms with Gasteiger partial charge in [-0.1, -0.05) is 24.6 Å². The van der Waals surface area contributed by atoms with Gasteiger partial charge in [-0.05, 0) is 49.8 Å². The molecule has 1 aliphatic carbocycles. The molecule has 5 nitrogen and oxygen atoms in total. The van der Waals surface area contributed by atoms with Crippen molar-refractivity contribution >= 4 is 5.91 Å². The van der Waals surface area contributed by atoms with Gasteiger partial charge in [-0.25, -0.2) is 4.68 Å². The van der Waals surface area contributed by atoms with Crippen molar-refractivity contribution < 1.29 is 9.90 Å². The largest absolute Gasteiger partial charge is 0.380 e. The number of amides is 1. The summed E-state index contributed by atoms with van der Waals surface area (Å²) in [6.45, 7) is 2.13. The smallest absolute Gasteiger partial charge is 0.251 e. The molecule has 2 N–H and O–H groups in total. The lowest BCUT2D eigenvalue weighted by Gasteiger charge is -2.37. The number of hydrogen-bond acceptors (Lipinski definition) is 3. The molecule has 1 fully saturated rings. The maximum absolute atomic E-state index is 12.1. The van der Waals surface area contributed by atoms with Crippen LogP contribution in [0.4, 0.5) is 0 Å². The molecule has 1 amide bonds. The van der Waals surface area contributed by atoms with Crippen molar-refractivity contribution in [1.82, 2.24) is 15.1 Å². The zero-order valence-corrected chi connectivity index (χ0v) is 13.4. The Morgan fingerprint density at radius 1 is 1.39 bits per heavy atom. The Hall–Kier alpha value is -2.14. The summed E-state index contributed by atoms with van der Waals surface area (Å²) in [4.78, 5) is 12.1. The maximum atomic E-state index is 12.1. The van der Waals surface area contributed by atoms with Gasteiger partial charge in [0.2, 0.25) is 0 Å². The van der Waals surface area contributed by atoms with Crippen LogP contribution in [0.3, 0.4) is 0 Å². The van der Waals surface area contributed by atoms with Crippen LogP contribution in [0, 0.1) is 5.92 Å². The predicted molar refractivity (Wildman–Crippen MR) is 88.2 cm³/mol. The van der Waals surface area contributed by atoms with E-state index in [4.69, 9.17) is 0 Å². The lowest BCUT2D eigenvalue weighted by molar-refractivity contribution is -0.147. The van der Waals surface area contributed by atoms with Gasteiger partial charge in [0.1, 0.15) is 5.60 Å². The molecule has 2 aromatic rings. The molecular weight excluding hydrogens is 290 g/mol. The van der Waals surface area contributed by atoms with Crippen molar-refractivity contribution in [3.05, 3.63) is 48.3 Å². The number of nitrogens with one attached hydrogen (secondary N) is 1. The molecule has 0 aliphatic heterocycles. The van der Waals surface area contributed by atoms with E-state index in [2.05, 4.69) is 10.4 Å². The van der Waals surface area contributed by atoms with E-state index in [1.807, 2.05) is 47.4 Å². The van der Waals surface area contributed by atoms with E-state index in [-0.39, 0.29) is 11.8 Å². The predicted octanol–water partition coefficient (Wildman–Crippen LogP) is 2.08. The number of hydrogen-bond donors (Lipinski definition) is 2. The first-order chi connectivity index (χ1) is 11.1. The highest BCUT2D eigenvalue weighted by atomic mass is 16.3. The van der Waals surface area contributed by atoms with E-state index in [0.29, 0.717) is 13.0 Å². The summed E-state index contributed by atoms with van der Waals surface area (Å²) in [5, 5.41) is 17.5. The Morgan fingerprint density at radius 2 is 2.13 bits per heavy atom. The van der Waals surface area contributed by atoms with Crippen molar-refractivity contribution in [2.45, 2.75) is 38.2 Å². The molecule has 23 heavy (non-hydrogen) atoms. The van der Waals surface area contributed by atoms with Gasteiger partial charge in [0, 0.05) is 12.7 Å². The van der Waals surface area contributed by atoms with Crippen LogP contribution in [0.15, 0.2) is 42.7 Å². The summed E-state index contributed by atoms with van der Waals surface area (Å²) >= 11 is 0. The topological polar surface area (TPSA) is 67.2 Å². The lowest BCUT2D eigenvalue weighted by Crippen LogP contribution is -2.52. The van der Waals surface area contributed by atoms with Gasteiger partial charge in [-0.15, -0.1) is 0 Å². The Bertz CT molecular complexity index is 660. The summed E-state index contributed by atoms with van der Waals surface area (Å²) in [6, 6.07) is 9.90. The van der Waals surface area contributed by atoms with Crippen molar-refractivity contribution in [1.29, 1.82) is 0 Å². The van der Waals surface area contributed by atoms with E-state index in [1.165, 1.54) is 0 Å². The maximum Gasteiger partial charge on any atom is 0.251 e. The summed E-state index contributed by atoms with van der Waals surface area (Å²) in [7, 11) is 0. The van der Waals surface area contributed by atoms with E-state index in [0.717, 1.165) is 30.5 Å². The Labute approximate surface area is 136 Å². The molecule has 0 saturated heterocycles. The molecule has 0 spiro atoms. The van der Waals surface area contributed by atoms with Crippen LogP contribution in [0.25, 0.3) is 5.69 Å². The zero-order chi connectivity index (χ0) is 16.3. The van der Waals surface area contributed by atoms with Gasteiger partial charge in [0.05, 0.1) is 11.9 Å². The summed E-state index contributed by atoms with van der Waals surface area (Å²) in [5.41, 5.74) is 0.820. The van der Waals surface area contributed by atoms with Crippen molar-refractivity contribution in [2.24, 2.45) is 5.92 Å². The van der Waals surface area contributed by atoms with Crippen molar-refractivity contribution in [2.75, 3.05) is 6.54 Å². The number of carbonyl (C=O) groups excluding carboxylic acids is 1. The van der Waals surface area contributed by atoms with Crippen LogP contribution in [0.2, 0.25) is 0 Å². The number of nitrogens with zero attached hydrogens (tertiary/aromatic N) is 2. The normalized spacial score (nSPS) is 17.3. The summed E-state index contributed by atoms with van der Waals surface area (Å²) in [5.74, 6) is -0.166. The van der Waals surface area contributed by atoms with Crippen LogP contribution in [0.1, 0.15) is 31.7 Å². The van der Waals surface area contributed by atoms with Crippen LogP contribution in [0.5, 0.6) is 0 Å². The van der Waals surface area contributed by atoms with Gasteiger partial charge < -0.3 is 10.4 Å². The van der Waals surface area contributed by atoms with Gasteiger partial charge in [-0.3, -0.25) is 4.79 Å². The number of rotatable bonds is 6. The number of aliphatic hydroxyl groups is 1. The highest BCUT2D eigenvalue weighted by Crippen LogP contribution is 2.36. The fraction of sp³-hybridized carbons (Fsp3) is 0.444. The monoisotopic (exact) mass is 313 g/mol. The first kappa shape index (κ1) is 15.7. The number of para-hydroxylation sites is 1. The molecule has 1 unspecified atom stereocenters. The lowest BCUT2D eigenvalue weighted by atomic mass is 9.73. The minimum Gasteiger partial charge on any atom is -0.380 e. The van der Waals surface area contributed by atoms with Gasteiger partial charge >= 0.3 is 0 Å². The average molecular weight is 313 g/mol. The number of aromatic nitrogens is 2. The summed E-state index contributed by atoms with van der Waals surface area (Å²) < 4.78 is 1.82. The second-order valence-corrected chi connectivity index (χ2v) is 6.41. The standard InChI is InChI=1S/C18H23N3O2/c1-18(23,15-6-5-7-15)17(22)19-11-10-14-12-20-21(13-14)16-8-3-2-4-9-16/h2-4,8-9,12-13,15,23H,5-7,10-11H2,1H3,(H,19,22). The van der Waals surface area contributed by atoms with Gasteiger partial charge in [0.25, 0.3) is 5.91 Å². The van der Waals surface area contributed by atoms with Gasteiger partial charge in [0.15, 0.2) is 0 Å². The first-order valence-electron chi connectivity index (χ1n) is 8.17. The third-order valence-corrected chi connectivity index (χ3v) is 4.72. The molecule has 1 heterocycles. The Balaban J connectivity index is 1.51. The molecule has 5 heteroatoms. The first-order valence-corrected chi connectivity index (χ1v) is 8.17. The van der Waals surface area contributed by atoms with E-state index in [1.54, 1.807) is 6.92 Å². The van der Waals surface area contributed by atoms with E-state index < -0.39 is 5.60 Å². The molecule has 0 bridgehead atoms. The summed E-state index contributed by atoms with van der Waals surface area (Å²) in [6.07, 6.45) is 7.44. The quantitative estimate of drug-likeness (QED) is 0.858. The third kappa shape index (κ3) is 3.45. The SMILES string of the molecule is CC(O)(C(=O)NCCc1cnn(-c2ccccc2)c1)C1CCC1. The second-order valence-electron chi connectivity index (χ2n) is 6.41.